The van der Waals surface area contributed by atoms with Crippen molar-refractivity contribution in [2.45, 2.75) is 18.5 Å². The first kappa shape index (κ1) is 11.8. The van der Waals surface area contributed by atoms with Crippen molar-refractivity contribution in [2.24, 2.45) is 0 Å². The summed E-state index contributed by atoms with van der Waals surface area (Å²) in [7, 11) is 0. The number of halogens is 3. The molecule has 3 nitrogen and oxygen atoms in total. The molecule has 0 saturated heterocycles. The lowest BCUT2D eigenvalue weighted by molar-refractivity contribution is -0.140. The number of nitrogens with one attached hydrogen (secondary N) is 1. The van der Waals surface area contributed by atoms with Crippen LogP contribution in [-0.2, 0) is 11.0 Å². The first-order chi connectivity index (χ1) is 7.89. The van der Waals surface area contributed by atoms with Crippen molar-refractivity contribution in [3.05, 3.63) is 29.3 Å². The molecule has 1 heterocycles. The summed E-state index contributed by atoms with van der Waals surface area (Å²) in [6.45, 7) is 0.454. The number of rotatable bonds is 1. The maximum Gasteiger partial charge on any atom is 0.416 e. The Hall–Kier alpha value is -1.72. The Labute approximate surface area is 95.3 Å². The lowest BCUT2D eigenvalue weighted by atomic mass is 9.90. The van der Waals surface area contributed by atoms with E-state index < -0.39 is 23.6 Å². The van der Waals surface area contributed by atoms with Crippen LogP contribution in [0.5, 0.6) is 0 Å². The average molecular weight is 245 g/mol. The number of alkyl halides is 3. The Morgan fingerprint density at radius 3 is 2.71 bits per heavy atom. The first-order valence-corrected chi connectivity index (χ1v) is 5.07. The van der Waals surface area contributed by atoms with Gasteiger partial charge in [-0.3, -0.25) is 4.79 Å². The second-order valence-corrected chi connectivity index (χ2v) is 3.91. The van der Waals surface area contributed by atoms with E-state index in [1.807, 2.05) is 0 Å². The smallest absolute Gasteiger partial charge is 0.416 e. The highest BCUT2D eigenvalue weighted by atomic mass is 19.4. The molecule has 0 aliphatic carbocycles. The van der Waals surface area contributed by atoms with Gasteiger partial charge in [-0.25, -0.2) is 0 Å². The third-order valence-corrected chi connectivity index (χ3v) is 2.80. The van der Waals surface area contributed by atoms with E-state index in [2.05, 4.69) is 5.32 Å². The molecule has 0 aromatic heterocycles. The number of hydrogen-bond donors (Lipinski definition) is 2. The Morgan fingerprint density at radius 1 is 1.41 bits per heavy atom. The average Bonchev–Trinajstić information content (AvgIpc) is 2.26. The molecule has 0 saturated carbocycles. The largest absolute Gasteiger partial charge is 0.481 e. The number of carboxylic acids is 1. The van der Waals surface area contributed by atoms with Crippen LogP contribution in [0.2, 0.25) is 0 Å². The van der Waals surface area contributed by atoms with Crippen molar-refractivity contribution in [3.8, 4) is 0 Å². The number of hydrogen-bond acceptors (Lipinski definition) is 2. The first-order valence-electron chi connectivity index (χ1n) is 5.07. The molecule has 2 N–H and O–H groups in total. The highest BCUT2D eigenvalue weighted by molar-refractivity contribution is 5.80. The monoisotopic (exact) mass is 245 g/mol. The van der Waals surface area contributed by atoms with Crippen molar-refractivity contribution in [3.63, 3.8) is 0 Å². The number of fused-ring (bicyclic) bond motifs is 1. The van der Waals surface area contributed by atoms with Crippen LogP contribution < -0.4 is 5.32 Å². The predicted octanol–water partition coefficient (Wildman–Crippen LogP) is 2.69. The molecule has 0 amide bonds. The number of anilines is 1. The maximum absolute atomic E-state index is 12.5. The van der Waals surface area contributed by atoms with Gasteiger partial charge >= 0.3 is 12.1 Å². The summed E-state index contributed by atoms with van der Waals surface area (Å²) in [6, 6.07) is 3.16. The third kappa shape index (κ3) is 2.20. The lowest BCUT2D eigenvalue weighted by Crippen LogP contribution is -2.23. The Bertz CT molecular complexity index is 457. The molecular weight excluding hydrogens is 235 g/mol. The van der Waals surface area contributed by atoms with Crippen molar-refractivity contribution >= 4 is 11.7 Å². The number of carbonyl (C=O) groups is 1. The molecule has 0 fully saturated rings. The summed E-state index contributed by atoms with van der Waals surface area (Å²) in [5.74, 6) is -1.96. The summed E-state index contributed by atoms with van der Waals surface area (Å²) in [5.41, 5.74) is -0.138. The molecule has 1 aromatic rings. The fraction of sp³-hybridized carbons (Fsp3) is 0.364. The molecule has 0 spiro atoms. The van der Waals surface area contributed by atoms with Gasteiger partial charge in [0.05, 0.1) is 11.5 Å². The van der Waals surface area contributed by atoms with Gasteiger partial charge in [0.1, 0.15) is 0 Å². The zero-order valence-corrected chi connectivity index (χ0v) is 8.71. The minimum Gasteiger partial charge on any atom is -0.481 e. The van der Waals surface area contributed by atoms with Crippen LogP contribution in [0.1, 0.15) is 23.5 Å². The topological polar surface area (TPSA) is 49.3 Å². The maximum atomic E-state index is 12.5. The Morgan fingerprint density at radius 2 is 2.12 bits per heavy atom. The molecule has 2 rings (SSSR count). The van der Waals surface area contributed by atoms with E-state index >= 15 is 0 Å². The second kappa shape index (κ2) is 3.94. The minimum atomic E-state index is -4.45. The minimum absolute atomic E-state index is 0.207. The summed E-state index contributed by atoms with van der Waals surface area (Å²) < 4.78 is 37.6. The van der Waals surface area contributed by atoms with Crippen LogP contribution in [-0.4, -0.2) is 17.6 Å². The van der Waals surface area contributed by atoms with Crippen LogP contribution >= 0.6 is 0 Å². The zero-order valence-electron chi connectivity index (χ0n) is 8.71. The van der Waals surface area contributed by atoms with Gasteiger partial charge in [-0.2, -0.15) is 13.2 Å². The summed E-state index contributed by atoms with van der Waals surface area (Å²) in [6.07, 6.45) is -4.15. The highest BCUT2D eigenvalue weighted by Gasteiger charge is 2.34. The number of benzene rings is 1. The summed E-state index contributed by atoms with van der Waals surface area (Å²) in [5, 5.41) is 11.9. The van der Waals surface area contributed by atoms with Crippen LogP contribution in [0.3, 0.4) is 0 Å². The van der Waals surface area contributed by atoms with Gasteiger partial charge in [0, 0.05) is 12.2 Å². The summed E-state index contributed by atoms with van der Waals surface area (Å²) >= 11 is 0. The van der Waals surface area contributed by atoms with Gasteiger partial charge < -0.3 is 10.4 Å². The zero-order chi connectivity index (χ0) is 12.6. The molecule has 1 atom stereocenters. The van der Waals surface area contributed by atoms with Crippen molar-refractivity contribution in [2.75, 3.05) is 11.9 Å². The fourth-order valence-electron chi connectivity index (χ4n) is 1.95. The van der Waals surface area contributed by atoms with Crippen LogP contribution in [0.15, 0.2) is 18.2 Å². The van der Waals surface area contributed by atoms with E-state index in [0.29, 0.717) is 18.7 Å². The molecule has 92 valence electrons. The summed E-state index contributed by atoms with van der Waals surface area (Å²) in [4.78, 5) is 11.0. The van der Waals surface area contributed by atoms with Crippen molar-refractivity contribution in [1.82, 2.24) is 0 Å². The van der Waals surface area contributed by atoms with Gasteiger partial charge in [0.15, 0.2) is 0 Å². The number of carboxylic acid groups (broad SMARTS) is 1. The van der Waals surface area contributed by atoms with Crippen LogP contribution in [0, 0.1) is 0 Å². The van der Waals surface area contributed by atoms with E-state index in [0.717, 1.165) is 12.1 Å². The van der Waals surface area contributed by atoms with Crippen molar-refractivity contribution < 1.29 is 23.1 Å². The lowest BCUT2D eigenvalue weighted by Gasteiger charge is -2.24. The van der Waals surface area contributed by atoms with E-state index in [4.69, 9.17) is 5.11 Å². The fourth-order valence-corrected chi connectivity index (χ4v) is 1.95. The Balaban J connectivity index is 2.48. The normalized spacial score (nSPS) is 19.4. The van der Waals surface area contributed by atoms with Gasteiger partial charge in [-0.1, -0.05) is 0 Å². The molecule has 1 aliphatic heterocycles. The predicted molar refractivity (Wildman–Crippen MR) is 54.9 cm³/mol. The molecule has 1 unspecified atom stereocenters. The molecule has 1 aromatic carbocycles. The Kier molecular flexibility index (Phi) is 2.73. The molecule has 1 aliphatic rings. The van der Waals surface area contributed by atoms with Crippen LogP contribution in [0.25, 0.3) is 0 Å². The van der Waals surface area contributed by atoms with E-state index in [1.54, 1.807) is 0 Å². The SMILES string of the molecule is O=C(O)C1CCNc2ccc(C(F)(F)F)cc21. The van der Waals surface area contributed by atoms with Gasteiger partial charge in [-0.15, -0.1) is 0 Å². The molecular formula is C11H10F3NO2. The highest BCUT2D eigenvalue weighted by Crippen LogP contribution is 2.37. The molecule has 0 bridgehead atoms. The molecule has 6 heteroatoms. The molecule has 0 radical (unpaired) electrons. The molecule has 17 heavy (non-hydrogen) atoms. The van der Waals surface area contributed by atoms with Crippen LogP contribution in [0.4, 0.5) is 18.9 Å². The second-order valence-electron chi connectivity index (χ2n) is 3.91. The third-order valence-electron chi connectivity index (χ3n) is 2.80. The van der Waals surface area contributed by atoms with Gasteiger partial charge in [-0.05, 0) is 30.2 Å². The number of aliphatic carboxylic acids is 1. The standard InChI is InChI=1S/C11H10F3NO2/c12-11(13,14)6-1-2-9-8(5-6)7(10(16)17)3-4-15-9/h1-2,5,7,15H,3-4H2,(H,16,17). The van der Waals surface area contributed by atoms with Gasteiger partial charge in [0.2, 0.25) is 0 Å². The quantitative estimate of drug-likeness (QED) is 0.799. The van der Waals surface area contributed by atoms with Crippen molar-refractivity contribution in [1.29, 1.82) is 0 Å². The van der Waals surface area contributed by atoms with E-state index in [9.17, 15) is 18.0 Å². The van der Waals surface area contributed by atoms with E-state index in [1.165, 1.54) is 6.07 Å². The van der Waals surface area contributed by atoms with E-state index in [-0.39, 0.29) is 5.56 Å². The van der Waals surface area contributed by atoms with Gasteiger partial charge in [0.25, 0.3) is 0 Å².